The number of nitrogens with zero attached hydrogens (tertiary/aromatic N) is 2. The fourth-order valence-electron chi connectivity index (χ4n) is 2.70. The van der Waals surface area contributed by atoms with Gasteiger partial charge in [0.15, 0.2) is 6.61 Å². The smallest absolute Gasteiger partial charge is 0.310 e. The van der Waals surface area contributed by atoms with E-state index in [1.54, 1.807) is 0 Å². The van der Waals surface area contributed by atoms with E-state index in [9.17, 15) is 9.59 Å². The Balaban J connectivity index is 1.52. The van der Waals surface area contributed by atoms with E-state index in [1.807, 2.05) is 61.5 Å². The van der Waals surface area contributed by atoms with E-state index in [4.69, 9.17) is 4.74 Å². The van der Waals surface area contributed by atoms with E-state index in [0.29, 0.717) is 13.0 Å². The summed E-state index contributed by atoms with van der Waals surface area (Å²) < 4.78 is 5.12. The molecule has 0 N–H and O–H groups in total. The number of carbonyl (C=O) groups excluding carboxylic acids is 2. The van der Waals surface area contributed by atoms with Crippen LogP contribution >= 0.6 is 0 Å². The van der Waals surface area contributed by atoms with Crippen molar-refractivity contribution in [2.75, 3.05) is 13.2 Å². The predicted molar refractivity (Wildman–Crippen MR) is 95.2 cm³/mol. The van der Waals surface area contributed by atoms with Crippen LogP contribution in [0.1, 0.15) is 23.1 Å². The van der Waals surface area contributed by atoms with Crippen LogP contribution in [0.2, 0.25) is 0 Å². The predicted octanol–water partition coefficient (Wildman–Crippen LogP) is 2.72. The van der Waals surface area contributed by atoms with Crippen molar-refractivity contribution in [1.29, 1.82) is 0 Å². The van der Waals surface area contributed by atoms with Gasteiger partial charge in [0.05, 0.1) is 18.7 Å². The summed E-state index contributed by atoms with van der Waals surface area (Å²) in [5.74, 6) is -0.710. The molecule has 1 aliphatic heterocycles. The molecule has 3 rings (SSSR count). The Labute approximate surface area is 146 Å². The molecule has 0 aromatic heterocycles. The van der Waals surface area contributed by atoms with Gasteiger partial charge in [-0.1, -0.05) is 54.6 Å². The molecule has 1 amide bonds. The van der Waals surface area contributed by atoms with Gasteiger partial charge < -0.3 is 4.74 Å². The Bertz CT molecular complexity index is 800. The molecule has 0 fully saturated rings. The maximum Gasteiger partial charge on any atom is 0.310 e. The van der Waals surface area contributed by atoms with Crippen LogP contribution in [0.25, 0.3) is 0 Å². The Morgan fingerprint density at radius 1 is 1.08 bits per heavy atom. The first kappa shape index (κ1) is 16.9. The molecule has 0 saturated carbocycles. The number of rotatable bonds is 5. The molecule has 25 heavy (non-hydrogen) atoms. The van der Waals surface area contributed by atoms with Crippen LogP contribution in [0.4, 0.5) is 0 Å². The third-order valence-corrected chi connectivity index (χ3v) is 4.15. The number of amides is 1. The Kier molecular flexibility index (Phi) is 5.23. The standard InChI is InChI=1S/C20H20N2O3/c1-15-7-5-6-10-17(15)13-20(24)25-14-19(23)22-12-11-18(21-22)16-8-3-2-4-9-16/h2-10H,11-14H2,1H3. The van der Waals surface area contributed by atoms with Gasteiger partial charge in [-0.25, -0.2) is 5.01 Å². The zero-order chi connectivity index (χ0) is 17.6. The van der Waals surface area contributed by atoms with Gasteiger partial charge in [0.25, 0.3) is 5.91 Å². The third kappa shape index (κ3) is 4.32. The molecule has 0 saturated heterocycles. The monoisotopic (exact) mass is 336 g/mol. The molecule has 2 aromatic rings. The molecule has 128 valence electrons. The van der Waals surface area contributed by atoms with E-state index in [-0.39, 0.29) is 18.9 Å². The van der Waals surface area contributed by atoms with Crippen molar-refractivity contribution in [2.45, 2.75) is 19.8 Å². The first-order chi connectivity index (χ1) is 12.1. The lowest BCUT2D eigenvalue weighted by Crippen LogP contribution is -2.29. The zero-order valence-corrected chi connectivity index (χ0v) is 14.1. The quantitative estimate of drug-likeness (QED) is 0.789. The summed E-state index contributed by atoms with van der Waals surface area (Å²) in [7, 11) is 0. The summed E-state index contributed by atoms with van der Waals surface area (Å²) in [6.07, 6.45) is 0.866. The van der Waals surface area contributed by atoms with Gasteiger partial charge in [0.1, 0.15) is 0 Å². The maximum atomic E-state index is 12.2. The summed E-state index contributed by atoms with van der Waals surface area (Å²) in [6.45, 7) is 2.17. The van der Waals surface area contributed by atoms with Crippen LogP contribution in [0.3, 0.4) is 0 Å². The largest absolute Gasteiger partial charge is 0.455 e. The Hall–Kier alpha value is -2.95. The minimum atomic E-state index is -0.408. The highest BCUT2D eigenvalue weighted by molar-refractivity contribution is 6.02. The van der Waals surface area contributed by atoms with Crippen LogP contribution in [0.5, 0.6) is 0 Å². The van der Waals surface area contributed by atoms with Gasteiger partial charge in [0, 0.05) is 6.42 Å². The zero-order valence-electron chi connectivity index (χ0n) is 14.1. The molecule has 0 bridgehead atoms. The molecule has 0 atom stereocenters. The number of aryl methyl sites for hydroxylation is 1. The van der Waals surface area contributed by atoms with Crippen LogP contribution in [0.15, 0.2) is 59.7 Å². The molecule has 0 radical (unpaired) electrons. The van der Waals surface area contributed by atoms with Gasteiger partial charge in [0.2, 0.25) is 0 Å². The second-order valence-electron chi connectivity index (χ2n) is 5.94. The molecule has 1 heterocycles. The van der Waals surface area contributed by atoms with Crippen molar-refractivity contribution in [1.82, 2.24) is 5.01 Å². The minimum Gasteiger partial charge on any atom is -0.455 e. The van der Waals surface area contributed by atoms with Crippen LogP contribution < -0.4 is 0 Å². The van der Waals surface area contributed by atoms with Crippen molar-refractivity contribution in [3.8, 4) is 0 Å². The summed E-state index contributed by atoms with van der Waals surface area (Å²) in [6, 6.07) is 17.4. The van der Waals surface area contributed by atoms with Gasteiger partial charge in [-0.3, -0.25) is 9.59 Å². The van der Waals surface area contributed by atoms with Crippen LogP contribution in [-0.4, -0.2) is 35.7 Å². The van der Waals surface area contributed by atoms with Crippen molar-refractivity contribution < 1.29 is 14.3 Å². The normalized spacial score (nSPS) is 13.5. The summed E-state index contributed by atoms with van der Waals surface area (Å²) in [4.78, 5) is 24.1. The average molecular weight is 336 g/mol. The van der Waals surface area contributed by atoms with Gasteiger partial charge in [-0.05, 0) is 23.6 Å². The Morgan fingerprint density at radius 2 is 1.80 bits per heavy atom. The first-order valence-electron chi connectivity index (χ1n) is 8.27. The SMILES string of the molecule is Cc1ccccc1CC(=O)OCC(=O)N1CCC(c2ccccc2)=N1. The maximum absolute atomic E-state index is 12.2. The van der Waals surface area contributed by atoms with E-state index in [1.165, 1.54) is 5.01 Å². The summed E-state index contributed by atoms with van der Waals surface area (Å²) >= 11 is 0. The third-order valence-electron chi connectivity index (χ3n) is 4.15. The first-order valence-corrected chi connectivity index (χ1v) is 8.27. The second kappa shape index (κ2) is 7.75. The van der Waals surface area contributed by atoms with Crippen molar-refractivity contribution in [2.24, 2.45) is 5.10 Å². The fraction of sp³-hybridized carbons (Fsp3) is 0.250. The number of hydrazone groups is 1. The van der Waals surface area contributed by atoms with Gasteiger partial charge >= 0.3 is 5.97 Å². The van der Waals surface area contributed by atoms with E-state index in [0.717, 1.165) is 22.4 Å². The average Bonchev–Trinajstić information content (AvgIpc) is 3.13. The topological polar surface area (TPSA) is 59.0 Å². The number of esters is 1. The molecule has 5 heteroatoms. The number of benzene rings is 2. The van der Waals surface area contributed by atoms with Crippen LogP contribution in [0, 0.1) is 6.92 Å². The van der Waals surface area contributed by atoms with E-state index < -0.39 is 5.97 Å². The second-order valence-corrected chi connectivity index (χ2v) is 5.94. The van der Waals surface area contributed by atoms with Gasteiger partial charge in [-0.2, -0.15) is 5.10 Å². The number of hydrogen-bond acceptors (Lipinski definition) is 4. The highest BCUT2D eigenvalue weighted by Crippen LogP contribution is 2.14. The fourth-order valence-corrected chi connectivity index (χ4v) is 2.70. The number of hydrogen-bond donors (Lipinski definition) is 0. The molecular formula is C20H20N2O3. The highest BCUT2D eigenvalue weighted by Gasteiger charge is 2.22. The lowest BCUT2D eigenvalue weighted by molar-refractivity contribution is -0.151. The minimum absolute atomic E-state index is 0.165. The Morgan fingerprint density at radius 3 is 2.56 bits per heavy atom. The molecule has 0 unspecified atom stereocenters. The summed E-state index contributed by atoms with van der Waals surface area (Å²) in [5.41, 5.74) is 3.82. The summed E-state index contributed by atoms with van der Waals surface area (Å²) in [5, 5.41) is 5.72. The number of ether oxygens (including phenoxy) is 1. The van der Waals surface area contributed by atoms with E-state index in [2.05, 4.69) is 5.10 Å². The molecular weight excluding hydrogens is 316 g/mol. The highest BCUT2D eigenvalue weighted by atomic mass is 16.5. The van der Waals surface area contributed by atoms with E-state index >= 15 is 0 Å². The van der Waals surface area contributed by atoms with Crippen LogP contribution in [-0.2, 0) is 20.7 Å². The lowest BCUT2D eigenvalue weighted by Gasteiger charge is -2.12. The van der Waals surface area contributed by atoms with Crippen molar-refractivity contribution in [3.63, 3.8) is 0 Å². The molecule has 5 nitrogen and oxygen atoms in total. The number of carbonyl (C=O) groups is 2. The molecule has 1 aliphatic rings. The van der Waals surface area contributed by atoms with Gasteiger partial charge in [-0.15, -0.1) is 0 Å². The molecule has 0 aliphatic carbocycles. The molecule has 2 aromatic carbocycles. The lowest BCUT2D eigenvalue weighted by atomic mass is 10.1. The molecule has 0 spiro atoms. The van der Waals surface area contributed by atoms with Crippen molar-refractivity contribution in [3.05, 3.63) is 71.3 Å². The van der Waals surface area contributed by atoms with Crippen molar-refractivity contribution >= 4 is 17.6 Å².